The van der Waals surface area contributed by atoms with Gasteiger partial charge in [-0.25, -0.2) is 9.97 Å². The fourth-order valence-electron chi connectivity index (χ4n) is 6.18. The van der Waals surface area contributed by atoms with Gasteiger partial charge in [0.05, 0.1) is 11.4 Å². The second kappa shape index (κ2) is 12.2. The van der Waals surface area contributed by atoms with Gasteiger partial charge in [-0.05, 0) is 62.7 Å². The maximum absolute atomic E-state index is 5.15. The summed E-state index contributed by atoms with van der Waals surface area (Å²) < 4.78 is 0. The molecule has 2 heterocycles. The summed E-state index contributed by atoms with van der Waals surface area (Å²) in [7, 11) is 0. The molecular formula is C43H31N3. The van der Waals surface area contributed by atoms with Gasteiger partial charge in [0.2, 0.25) is 0 Å². The molecule has 0 saturated heterocycles. The average molecular weight is 590 g/mol. The zero-order chi connectivity index (χ0) is 30.7. The predicted molar refractivity (Wildman–Crippen MR) is 193 cm³/mol. The topological polar surface area (TPSA) is 38.1 Å². The predicted octanol–water partition coefficient (Wildman–Crippen LogP) is 10.8. The van der Waals surface area contributed by atoms with Crippen molar-refractivity contribution < 1.29 is 0 Å². The van der Waals surface area contributed by atoms with Gasteiger partial charge in [-0.3, -0.25) is 4.99 Å². The van der Waals surface area contributed by atoms with Crippen molar-refractivity contribution in [3.8, 4) is 56.2 Å². The highest BCUT2D eigenvalue weighted by Gasteiger charge is 2.13. The van der Waals surface area contributed by atoms with Gasteiger partial charge in [0.25, 0.3) is 0 Å². The Labute approximate surface area is 269 Å². The summed E-state index contributed by atoms with van der Waals surface area (Å²) in [5, 5.41) is 2.46. The summed E-state index contributed by atoms with van der Waals surface area (Å²) in [5.41, 5.74) is 11.9. The van der Waals surface area contributed by atoms with Crippen molar-refractivity contribution >= 4 is 22.6 Å². The largest absolute Gasteiger partial charge is 0.292 e. The molecule has 0 radical (unpaired) electrons. The van der Waals surface area contributed by atoms with Crippen molar-refractivity contribution in [1.29, 1.82) is 0 Å². The lowest BCUT2D eigenvalue weighted by molar-refractivity contribution is 1.01. The Kier molecular flexibility index (Phi) is 7.33. The smallest absolute Gasteiger partial charge is 0.160 e. The van der Waals surface area contributed by atoms with Gasteiger partial charge in [0.1, 0.15) is 0 Å². The molecule has 0 fully saturated rings. The first-order valence-corrected chi connectivity index (χ1v) is 15.7. The fraction of sp³-hybridized carbons (Fsp3) is 0.0465. The van der Waals surface area contributed by atoms with Gasteiger partial charge in [0, 0.05) is 29.4 Å². The van der Waals surface area contributed by atoms with Crippen LogP contribution in [0, 0.1) is 0 Å². The van der Waals surface area contributed by atoms with E-state index in [2.05, 4.69) is 157 Å². The molecule has 0 N–H and O–H groups in total. The summed E-state index contributed by atoms with van der Waals surface area (Å²) in [6.07, 6.45) is 5.21. The number of hydrogen-bond donors (Lipinski definition) is 0. The Hall–Kier alpha value is -5.93. The van der Waals surface area contributed by atoms with Gasteiger partial charge >= 0.3 is 0 Å². The lowest BCUT2D eigenvalue weighted by Crippen LogP contribution is -1.97. The first-order chi connectivity index (χ1) is 22.8. The Morgan fingerprint density at radius 3 is 1.76 bits per heavy atom. The molecular weight excluding hydrogens is 558 g/mol. The van der Waals surface area contributed by atoms with E-state index in [-0.39, 0.29) is 0 Å². The molecule has 0 amide bonds. The lowest BCUT2D eigenvalue weighted by Gasteiger charge is -2.12. The van der Waals surface area contributed by atoms with Crippen LogP contribution in [0.4, 0.5) is 0 Å². The number of benzene rings is 6. The van der Waals surface area contributed by atoms with Crippen molar-refractivity contribution in [2.45, 2.75) is 6.42 Å². The van der Waals surface area contributed by atoms with Crippen molar-refractivity contribution in [3.63, 3.8) is 0 Å². The quantitative estimate of drug-likeness (QED) is 0.193. The van der Waals surface area contributed by atoms with E-state index in [1.807, 2.05) is 12.3 Å². The molecule has 3 heteroatoms. The van der Waals surface area contributed by atoms with E-state index in [1.54, 1.807) is 0 Å². The number of fused-ring (bicyclic) bond motifs is 1. The Morgan fingerprint density at radius 1 is 0.435 bits per heavy atom. The van der Waals surface area contributed by atoms with Crippen LogP contribution < -0.4 is 0 Å². The van der Waals surface area contributed by atoms with Crippen LogP contribution in [0.25, 0.3) is 72.5 Å². The summed E-state index contributed by atoms with van der Waals surface area (Å²) in [6, 6.07) is 53.4. The number of allylic oxidation sites excluding steroid dienone is 1. The van der Waals surface area contributed by atoms with Crippen molar-refractivity contribution in [1.82, 2.24) is 9.97 Å². The molecule has 6 aromatic carbocycles. The monoisotopic (exact) mass is 589 g/mol. The van der Waals surface area contributed by atoms with Crippen LogP contribution in [0.3, 0.4) is 0 Å². The minimum absolute atomic E-state index is 0.702. The Morgan fingerprint density at radius 2 is 1.02 bits per heavy atom. The van der Waals surface area contributed by atoms with Gasteiger partial charge in [-0.15, -0.1) is 0 Å². The van der Waals surface area contributed by atoms with Gasteiger partial charge in [0.15, 0.2) is 5.82 Å². The molecule has 0 spiro atoms. The first kappa shape index (κ1) is 27.6. The molecule has 8 rings (SSSR count). The minimum Gasteiger partial charge on any atom is -0.292 e. The zero-order valence-corrected chi connectivity index (χ0v) is 25.3. The third-order valence-corrected chi connectivity index (χ3v) is 8.60. The maximum Gasteiger partial charge on any atom is 0.160 e. The maximum atomic E-state index is 5.15. The van der Waals surface area contributed by atoms with Gasteiger partial charge in [-0.2, -0.15) is 0 Å². The normalized spacial score (nSPS) is 12.7. The number of nitrogens with zero attached hydrogens (tertiary/aromatic N) is 3. The first-order valence-electron chi connectivity index (χ1n) is 15.7. The van der Waals surface area contributed by atoms with Crippen molar-refractivity contribution in [3.05, 3.63) is 163 Å². The van der Waals surface area contributed by atoms with Gasteiger partial charge < -0.3 is 0 Å². The second-order valence-electron chi connectivity index (χ2n) is 11.6. The number of hydrogen-bond acceptors (Lipinski definition) is 3. The number of dihydropyridines is 1. The van der Waals surface area contributed by atoms with E-state index in [9.17, 15) is 0 Å². The number of aliphatic imine (C=N–C) groups is 1. The molecule has 0 aliphatic carbocycles. The fourth-order valence-corrected chi connectivity index (χ4v) is 6.18. The summed E-state index contributed by atoms with van der Waals surface area (Å²) in [4.78, 5) is 14.8. The van der Waals surface area contributed by atoms with E-state index in [0.717, 1.165) is 46.6 Å². The van der Waals surface area contributed by atoms with Crippen LogP contribution in [-0.2, 0) is 0 Å². The molecule has 0 saturated carbocycles. The third-order valence-electron chi connectivity index (χ3n) is 8.60. The van der Waals surface area contributed by atoms with Crippen LogP contribution in [0.1, 0.15) is 12.0 Å². The molecule has 1 aliphatic rings. The van der Waals surface area contributed by atoms with Gasteiger partial charge in [-0.1, -0.05) is 146 Å². The number of aromatic nitrogens is 2. The van der Waals surface area contributed by atoms with Crippen LogP contribution in [-0.4, -0.2) is 22.7 Å². The lowest BCUT2D eigenvalue weighted by atomic mass is 9.96. The van der Waals surface area contributed by atoms with E-state index in [0.29, 0.717) is 5.82 Å². The molecule has 0 bridgehead atoms. The molecule has 0 unspecified atom stereocenters. The highest BCUT2D eigenvalue weighted by molar-refractivity contribution is 6.10. The number of rotatable bonds is 6. The Bertz CT molecular complexity index is 2220. The average Bonchev–Trinajstić information content (AvgIpc) is 3.15. The van der Waals surface area contributed by atoms with Crippen LogP contribution >= 0.6 is 0 Å². The highest BCUT2D eigenvalue weighted by Crippen LogP contribution is 2.33. The van der Waals surface area contributed by atoms with Crippen molar-refractivity contribution in [2.75, 3.05) is 6.54 Å². The standard InChI is InChI=1S/C43H31N3/c1-2-9-30(10-3-1)31-18-22-34(23-19-31)41-28-42(35-24-20-32(21-25-35)38-15-8-26-44-29-38)46-43(45-41)37-14-6-13-36(27-37)40-17-7-12-33-11-4-5-16-39(33)40/h1-7,9-25,27-29H,8,26H2. The van der Waals surface area contributed by atoms with Crippen LogP contribution in [0.2, 0.25) is 0 Å². The molecule has 0 atom stereocenters. The van der Waals surface area contributed by atoms with E-state index >= 15 is 0 Å². The summed E-state index contributed by atoms with van der Waals surface area (Å²) in [5.74, 6) is 0.702. The zero-order valence-electron chi connectivity index (χ0n) is 25.3. The van der Waals surface area contributed by atoms with E-state index in [4.69, 9.17) is 9.97 Å². The molecule has 7 aromatic rings. The van der Waals surface area contributed by atoms with E-state index in [1.165, 1.54) is 38.6 Å². The Balaban J connectivity index is 1.23. The van der Waals surface area contributed by atoms with Crippen LogP contribution in [0.15, 0.2) is 163 Å². The molecule has 218 valence electrons. The van der Waals surface area contributed by atoms with E-state index < -0.39 is 0 Å². The third kappa shape index (κ3) is 5.55. The SMILES string of the molecule is C1=NCCC=C1c1ccc(-c2cc(-c3ccc(-c4ccccc4)cc3)nc(-c3cccc(-c4cccc5ccccc45)c3)n2)cc1. The van der Waals surface area contributed by atoms with Crippen LogP contribution in [0.5, 0.6) is 0 Å². The molecule has 1 aromatic heterocycles. The summed E-state index contributed by atoms with van der Waals surface area (Å²) in [6.45, 7) is 0.863. The minimum atomic E-state index is 0.702. The second-order valence-corrected chi connectivity index (χ2v) is 11.6. The molecule has 46 heavy (non-hydrogen) atoms. The van der Waals surface area contributed by atoms with Crippen molar-refractivity contribution in [2.24, 2.45) is 4.99 Å². The highest BCUT2D eigenvalue weighted by atomic mass is 14.9. The summed E-state index contributed by atoms with van der Waals surface area (Å²) >= 11 is 0. The molecule has 1 aliphatic heterocycles. The molecule has 3 nitrogen and oxygen atoms in total.